The summed E-state index contributed by atoms with van der Waals surface area (Å²) in [5, 5.41) is 3.21. The van der Waals surface area contributed by atoms with Gasteiger partial charge in [0.15, 0.2) is 0 Å². The summed E-state index contributed by atoms with van der Waals surface area (Å²) in [6.07, 6.45) is 0. The first-order valence-electron chi connectivity index (χ1n) is 4.91. The molecule has 0 saturated carbocycles. The van der Waals surface area contributed by atoms with Gasteiger partial charge in [0.2, 0.25) is 0 Å². The van der Waals surface area contributed by atoms with Gasteiger partial charge in [-0.3, -0.25) is 0 Å². The van der Waals surface area contributed by atoms with Crippen LogP contribution in [0.15, 0.2) is 45.5 Å². The number of nitrogens with one attached hydrogen (secondary N) is 1. The molecule has 0 aliphatic carbocycles. The molecule has 88 valence electrons. The molecule has 1 N–H and O–H groups in total. The number of ether oxygens (including phenoxy) is 1. The van der Waals surface area contributed by atoms with Crippen LogP contribution >= 0.6 is 31.9 Å². The molecule has 0 bridgehead atoms. The second kappa shape index (κ2) is 5.51. The van der Waals surface area contributed by atoms with Crippen molar-refractivity contribution in [2.45, 2.75) is 0 Å². The summed E-state index contributed by atoms with van der Waals surface area (Å²) >= 11 is 6.76. The largest absolute Gasteiger partial charge is 0.497 e. The quantitative estimate of drug-likeness (QED) is 0.828. The number of hydrogen-bond donors (Lipinski definition) is 1. The number of rotatable bonds is 3. The maximum atomic E-state index is 5.20. The van der Waals surface area contributed by atoms with Crippen molar-refractivity contribution in [1.82, 2.24) is 4.98 Å². The highest BCUT2D eigenvalue weighted by molar-refractivity contribution is 9.10. The minimum atomic E-state index is 0.777. The van der Waals surface area contributed by atoms with Crippen molar-refractivity contribution in [1.29, 1.82) is 0 Å². The van der Waals surface area contributed by atoms with E-state index in [0.717, 1.165) is 26.3 Å². The van der Waals surface area contributed by atoms with Gasteiger partial charge in [-0.1, -0.05) is 22.0 Å². The van der Waals surface area contributed by atoms with Crippen molar-refractivity contribution >= 4 is 43.4 Å². The number of halogens is 2. The fourth-order valence-corrected chi connectivity index (χ4v) is 2.19. The van der Waals surface area contributed by atoms with Gasteiger partial charge in [-0.2, -0.15) is 0 Å². The maximum Gasteiger partial charge on any atom is 0.131 e. The molecular weight excluding hydrogens is 348 g/mol. The van der Waals surface area contributed by atoms with E-state index in [9.17, 15) is 0 Å². The Balaban J connectivity index is 2.26. The van der Waals surface area contributed by atoms with E-state index in [1.165, 1.54) is 0 Å². The molecule has 0 atom stereocenters. The topological polar surface area (TPSA) is 34.1 Å². The smallest absolute Gasteiger partial charge is 0.131 e. The average Bonchev–Trinajstić information content (AvgIpc) is 2.28. The molecule has 0 aliphatic heterocycles. The van der Waals surface area contributed by atoms with Gasteiger partial charge in [0.1, 0.15) is 16.2 Å². The SMILES string of the molecule is COc1cc(Br)cc(Nc2cccc(Br)n2)c1. The first-order chi connectivity index (χ1) is 8.17. The number of benzene rings is 1. The minimum absolute atomic E-state index is 0.777. The monoisotopic (exact) mass is 356 g/mol. The summed E-state index contributed by atoms with van der Waals surface area (Å²) in [4.78, 5) is 4.30. The van der Waals surface area contributed by atoms with Crippen LogP contribution < -0.4 is 10.1 Å². The van der Waals surface area contributed by atoms with Gasteiger partial charge in [-0.25, -0.2) is 4.98 Å². The van der Waals surface area contributed by atoms with E-state index in [1.54, 1.807) is 7.11 Å². The van der Waals surface area contributed by atoms with Crippen LogP contribution in [0.1, 0.15) is 0 Å². The van der Waals surface area contributed by atoms with Crippen molar-refractivity contribution < 1.29 is 4.74 Å². The molecule has 1 aromatic heterocycles. The van der Waals surface area contributed by atoms with Crippen LogP contribution in [0.3, 0.4) is 0 Å². The fourth-order valence-electron chi connectivity index (χ4n) is 1.38. The highest BCUT2D eigenvalue weighted by atomic mass is 79.9. The average molecular weight is 358 g/mol. The van der Waals surface area contributed by atoms with Gasteiger partial charge >= 0.3 is 0 Å². The molecule has 5 heteroatoms. The van der Waals surface area contributed by atoms with Crippen LogP contribution in [0.2, 0.25) is 0 Å². The molecule has 0 spiro atoms. The molecule has 3 nitrogen and oxygen atoms in total. The zero-order chi connectivity index (χ0) is 12.3. The van der Waals surface area contributed by atoms with Gasteiger partial charge in [0, 0.05) is 16.2 Å². The van der Waals surface area contributed by atoms with Crippen LogP contribution in [0.5, 0.6) is 5.75 Å². The van der Waals surface area contributed by atoms with E-state index >= 15 is 0 Å². The lowest BCUT2D eigenvalue weighted by molar-refractivity contribution is 0.415. The van der Waals surface area contributed by atoms with E-state index in [0.29, 0.717) is 0 Å². The zero-order valence-corrected chi connectivity index (χ0v) is 12.2. The van der Waals surface area contributed by atoms with E-state index < -0.39 is 0 Å². The van der Waals surface area contributed by atoms with Crippen molar-refractivity contribution in [2.75, 3.05) is 12.4 Å². The predicted molar refractivity (Wildman–Crippen MR) is 75.9 cm³/mol. The Morgan fingerprint density at radius 2 is 2.00 bits per heavy atom. The summed E-state index contributed by atoms with van der Waals surface area (Å²) in [6, 6.07) is 11.5. The Morgan fingerprint density at radius 3 is 2.71 bits per heavy atom. The third kappa shape index (κ3) is 3.44. The maximum absolute atomic E-state index is 5.20. The third-order valence-electron chi connectivity index (χ3n) is 2.09. The molecule has 0 radical (unpaired) electrons. The number of aromatic nitrogens is 1. The molecule has 1 heterocycles. The van der Waals surface area contributed by atoms with Gasteiger partial charge < -0.3 is 10.1 Å². The van der Waals surface area contributed by atoms with Gasteiger partial charge in [-0.15, -0.1) is 0 Å². The minimum Gasteiger partial charge on any atom is -0.497 e. The van der Waals surface area contributed by atoms with Crippen LogP contribution in [0, 0.1) is 0 Å². The molecule has 2 rings (SSSR count). The fraction of sp³-hybridized carbons (Fsp3) is 0.0833. The van der Waals surface area contributed by atoms with Crippen LogP contribution in [-0.2, 0) is 0 Å². The number of methoxy groups -OCH3 is 1. The van der Waals surface area contributed by atoms with Gasteiger partial charge in [-0.05, 0) is 40.2 Å². The van der Waals surface area contributed by atoms with Crippen LogP contribution in [-0.4, -0.2) is 12.1 Å². The summed E-state index contributed by atoms with van der Waals surface area (Å²) in [7, 11) is 1.64. The van der Waals surface area contributed by atoms with E-state index in [1.807, 2.05) is 36.4 Å². The highest BCUT2D eigenvalue weighted by Gasteiger charge is 2.01. The normalized spacial score (nSPS) is 10.1. The van der Waals surface area contributed by atoms with E-state index in [-0.39, 0.29) is 0 Å². The first-order valence-corrected chi connectivity index (χ1v) is 6.50. The first kappa shape index (κ1) is 12.4. The molecule has 17 heavy (non-hydrogen) atoms. The van der Waals surface area contributed by atoms with E-state index in [2.05, 4.69) is 42.2 Å². The Kier molecular flexibility index (Phi) is 4.02. The molecular formula is C12H10Br2N2O. The molecule has 2 aromatic rings. The Hall–Kier alpha value is -1.07. The molecule has 0 aliphatic rings. The Labute approximate surface area is 116 Å². The lowest BCUT2D eigenvalue weighted by Crippen LogP contribution is -1.94. The lowest BCUT2D eigenvalue weighted by Gasteiger charge is -2.08. The standard InChI is InChI=1S/C12H10Br2N2O/c1-17-10-6-8(13)5-9(7-10)15-12-4-2-3-11(14)16-12/h2-7H,1H3,(H,15,16). The van der Waals surface area contributed by atoms with Crippen molar-refractivity contribution in [3.8, 4) is 5.75 Å². The molecule has 0 unspecified atom stereocenters. The Bertz CT molecular complexity index is 532. The Morgan fingerprint density at radius 1 is 1.18 bits per heavy atom. The third-order valence-corrected chi connectivity index (χ3v) is 2.99. The van der Waals surface area contributed by atoms with Crippen molar-refractivity contribution in [3.05, 3.63) is 45.5 Å². The molecule has 0 amide bonds. The molecule has 0 fully saturated rings. The molecule has 1 aromatic carbocycles. The van der Waals surface area contributed by atoms with Crippen LogP contribution in [0.4, 0.5) is 11.5 Å². The second-order valence-electron chi connectivity index (χ2n) is 3.35. The second-order valence-corrected chi connectivity index (χ2v) is 5.08. The summed E-state index contributed by atoms with van der Waals surface area (Å²) < 4.78 is 6.95. The zero-order valence-electron chi connectivity index (χ0n) is 9.08. The van der Waals surface area contributed by atoms with Crippen molar-refractivity contribution in [3.63, 3.8) is 0 Å². The summed E-state index contributed by atoms with van der Waals surface area (Å²) in [5.41, 5.74) is 0.918. The highest BCUT2D eigenvalue weighted by Crippen LogP contribution is 2.26. The van der Waals surface area contributed by atoms with Gasteiger partial charge in [0.05, 0.1) is 7.11 Å². The van der Waals surface area contributed by atoms with Crippen LogP contribution in [0.25, 0.3) is 0 Å². The number of hydrogen-bond acceptors (Lipinski definition) is 3. The molecule has 0 saturated heterocycles. The lowest BCUT2D eigenvalue weighted by atomic mass is 10.3. The number of anilines is 2. The van der Waals surface area contributed by atoms with E-state index in [4.69, 9.17) is 4.74 Å². The predicted octanol–water partition coefficient (Wildman–Crippen LogP) is 4.36. The number of nitrogens with zero attached hydrogens (tertiary/aromatic N) is 1. The summed E-state index contributed by atoms with van der Waals surface area (Å²) in [6.45, 7) is 0. The van der Waals surface area contributed by atoms with Crippen molar-refractivity contribution in [2.24, 2.45) is 0 Å². The number of pyridine rings is 1. The van der Waals surface area contributed by atoms with Gasteiger partial charge in [0.25, 0.3) is 0 Å². The summed E-state index contributed by atoms with van der Waals surface area (Å²) in [5.74, 6) is 1.57.